The van der Waals surface area contributed by atoms with E-state index in [0.29, 0.717) is 51.6 Å². The van der Waals surface area contributed by atoms with Crippen LogP contribution in [0.3, 0.4) is 0 Å². The second-order valence-corrected chi connectivity index (χ2v) is 11.8. The smallest absolute Gasteiger partial charge is 0.243 e. The number of amides is 5. The van der Waals surface area contributed by atoms with Gasteiger partial charge in [0.1, 0.15) is 24.2 Å². The van der Waals surface area contributed by atoms with E-state index in [1.165, 1.54) is 0 Å². The second kappa shape index (κ2) is 20.2. The van der Waals surface area contributed by atoms with E-state index >= 15 is 0 Å². The lowest BCUT2D eigenvalue weighted by molar-refractivity contribution is -0.135. The lowest BCUT2D eigenvalue weighted by Crippen LogP contribution is -2.60. The van der Waals surface area contributed by atoms with Gasteiger partial charge in [0.15, 0.2) is 0 Å². The standard InChI is InChI=1S/C28H56N8O5/c1-16(2)15-21(26(39)33-19(24(32)37)11-7-9-13-29)35-25(38)20(12-8-10-14-30)34-28(41)23(18(5)6)36-27(40)22(31)17(3)4/h16-23H,7-15,29-31H2,1-6H3,(H2,32,37)(H,33,39)(H,34,41)(H,35,38)(H,36,40)/t19-,20-,21-,22-,23-/m0/s1. The van der Waals surface area contributed by atoms with Gasteiger partial charge in [-0.15, -0.1) is 0 Å². The number of hydrogen-bond acceptors (Lipinski definition) is 8. The normalized spacial score (nSPS) is 15.1. The van der Waals surface area contributed by atoms with Crippen molar-refractivity contribution >= 4 is 29.5 Å². The van der Waals surface area contributed by atoms with Crippen LogP contribution in [0.5, 0.6) is 0 Å². The van der Waals surface area contributed by atoms with Crippen molar-refractivity contribution in [2.75, 3.05) is 13.1 Å². The zero-order chi connectivity index (χ0) is 31.7. The molecule has 0 aromatic carbocycles. The minimum absolute atomic E-state index is 0.0336. The molecule has 41 heavy (non-hydrogen) atoms. The maximum absolute atomic E-state index is 13.5. The molecular formula is C28H56N8O5. The van der Waals surface area contributed by atoms with Crippen LogP contribution < -0.4 is 44.2 Å². The highest BCUT2D eigenvalue weighted by atomic mass is 16.2. The predicted octanol–water partition coefficient (Wildman–Crippen LogP) is -0.646. The van der Waals surface area contributed by atoms with Crippen molar-refractivity contribution < 1.29 is 24.0 Å². The molecule has 0 spiro atoms. The molecule has 12 N–H and O–H groups in total. The van der Waals surface area contributed by atoms with E-state index < -0.39 is 59.7 Å². The Hall–Kier alpha value is -2.77. The van der Waals surface area contributed by atoms with E-state index in [4.69, 9.17) is 22.9 Å². The van der Waals surface area contributed by atoms with Crippen LogP contribution in [0.2, 0.25) is 0 Å². The molecule has 0 heterocycles. The van der Waals surface area contributed by atoms with Gasteiger partial charge < -0.3 is 44.2 Å². The van der Waals surface area contributed by atoms with Crippen molar-refractivity contribution in [3.8, 4) is 0 Å². The lowest BCUT2D eigenvalue weighted by Gasteiger charge is -2.28. The van der Waals surface area contributed by atoms with Crippen LogP contribution in [0.4, 0.5) is 0 Å². The highest BCUT2D eigenvalue weighted by Crippen LogP contribution is 2.11. The monoisotopic (exact) mass is 584 g/mol. The summed E-state index contributed by atoms with van der Waals surface area (Å²) in [5.74, 6) is -3.12. The third-order valence-electron chi connectivity index (χ3n) is 6.79. The van der Waals surface area contributed by atoms with Crippen LogP contribution >= 0.6 is 0 Å². The first-order valence-electron chi connectivity index (χ1n) is 14.8. The van der Waals surface area contributed by atoms with Gasteiger partial charge in [-0.2, -0.15) is 0 Å². The minimum atomic E-state index is -0.982. The summed E-state index contributed by atoms with van der Waals surface area (Å²) in [6, 6.07) is -4.55. The van der Waals surface area contributed by atoms with Crippen molar-refractivity contribution in [3.63, 3.8) is 0 Å². The van der Waals surface area contributed by atoms with Gasteiger partial charge in [0.05, 0.1) is 6.04 Å². The zero-order valence-corrected chi connectivity index (χ0v) is 25.8. The number of nitrogens with one attached hydrogen (secondary N) is 4. The molecule has 0 aliphatic rings. The van der Waals surface area contributed by atoms with Gasteiger partial charge in [0.2, 0.25) is 29.5 Å². The van der Waals surface area contributed by atoms with Crippen LogP contribution in [0.15, 0.2) is 0 Å². The average molecular weight is 585 g/mol. The van der Waals surface area contributed by atoms with E-state index in [9.17, 15) is 24.0 Å². The van der Waals surface area contributed by atoms with E-state index in [0.717, 1.165) is 0 Å². The number of primary amides is 1. The zero-order valence-electron chi connectivity index (χ0n) is 25.8. The Morgan fingerprint density at radius 2 is 1.05 bits per heavy atom. The van der Waals surface area contributed by atoms with Gasteiger partial charge in [-0.3, -0.25) is 24.0 Å². The first kappa shape index (κ1) is 38.2. The highest BCUT2D eigenvalue weighted by molar-refractivity contribution is 5.95. The molecule has 0 fully saturated rings. The largest absolute Gasteiger partial charge is 0.368 e. The van der Waals surface area contributed by atoms with Crippen LogP contribution in [0.25, 0.3) is 0 Å². The molecule has 0 saturated carbocycles. The molecule has 0 aliphatic carbocycles. The number of carbonyl (C=O) groups excluding carboxylic acids is 5. The first-order valence-corrected chi connectivity index (χ1v) is 14.8. The van der Waals surface area contributed by atoms with Crippen LogP contribution in [-0.4, -0.2) is 72.8 Å². The molecule has 0 unspecified atom stereocenters. The Kier molecular flexibility index (Phi) is 18.8. The van der Waals surface area contributed by atoms with Crippen molar-refractivity contribution in [1.82, 2.24) is 21.3 Å². The van der Waals surface area contributed by atoms with E-state index in [-0.39, 0.29) is 24.2 Å². The van der Waals surface area contributed by atoms with Gasteiger partial charge in [0.25, 0.3) is 0 Å². The molecule has 0 radical (unpaired) electrons. The maximum atomic E-state index is 13.5. The Balaban J connectivity index is 5.80. The summed E-state index contributed by atoms with van der Waals surface area (Å²) in [6.45, 7) is 11.8. The van der Waals surface area contributed by atoms with Crippen LogP contribution in [-0.2, 0) is 24.0 Å². The first-order chi connectivity index (χ1) is 19.2. The van der Waals surface area contributed by atoms with Crippen molar-refractivity contribution in [3.05, 3.63) is 0 Å². The summed E-state index contributed by atoms with van der Waals surface area (Å²) in [5.41, 5.74) is 22.6. The molecule has 13 nitrogen and oxygen atoms in total. The molecule has 5 atom stereocenters. The summed E-state index contributed by atoms with van der Waals surface area (Å²) in [6.07, 6.45) is 3.38. The van der Waals surface area contributed by atoms with Crippen LogP contribution in [0, 0.1) is 17.8 Å². The highest BCUT2D eigenvalue weighted by Gasteiger charge is 2.33. The summed E-state index contributed by atoms with van der Waals surface area (Å²) >= 11 is 0. The fourth-order valence-corrected chi connectivity index (χ4v) is 4.14. The Bertz CT molecular complexity index is 836. The molecule has 0 aliphatic heterocycles. The van der Waals surface area contributed by atoms with E-state index in [1.807, 2.05) is 27.7 Å². The third-order valence-corrected chi connectivity index (χ3v) is 6.79. The van der Waals surface area contributed by atoms with E-state index in [2.05, 4.69) is 21.3 Å². The molecule has 5 amide bonds. The molecule has 13 heteroatoms. The van der Waals surface area contributed by atoms with E-state index in [1.54, 1.807) is 13.8 Å². The Labute approximate surface area is 245 Å². The maximum Gasteiger partial charge on any atom is 0.243 e. The summed E-state index contributed by atoms with van der Waals surface area (Å²) in [5, 5.41) is 10.9. The average Bonchev–Trinajstić information content (AvgIpc) is 2.88. The van der Waals surface area contributed by atoms with Gasteiger partial charge in [-0.25, -0.2) is 0 Å². The number of rotatable bonds is 21. The lowest BCUT2D eigenvalue weighted by atomic mass is 9.99. The molecule has 0 bridgehead atoms. The van der Waals surface area contributed by atoms with Gasteiger partial charge in [0, 0.05) is 0 Å². The summed E-state index contributed by atoms with van der Waals surface area (Å²) < 4.78 is 0. The summed E-state index contributed by atoms with van der Waals surface area (Å²) in [4.78, 5) is 64.5. The van der Waals surface area contributed by atoms with Gasteiger partial charge >= 0.3 is 0 Å². The van der Waals surface area contributed by atoms with Gasteiger partial charge in [-0.05, 0) is 75.8 Å². The molecule has 0 saturated heterocycles. The molecule has 0 aromatic rings. The third kappa shape index (κ3) is 15.1. The number of hydrogen-bond donors (Lipinski definition) is 8. The molecular weight excluding hydrogens is 528 g/mol. The van der Waals surface area contributed by atoms with Crippen LogP contribution in [0.1, 0.15) is 86.5 Å². The van der Waals surface area contributed by atoms with Gasteiger partial charge in [-0.1, -0.05) is 41.5 Å². The quantitative estimate of drug-likeness (QED) is 0.0805. The number of unbranched alkanes of at least 4 members (excludes halogenated alkanes) is 2. The van der Waals surface area contributed by atoms with Crippen molar-refractivity contribution in [2.24, 2.45) is 40.7 Å². The SMILES string of the molecule is CC(C)C[C@H](NC(=O)[C@H](CCCCN)NC(=O)[C@@H](NC(=O)[C@@H](N)C(C)C)C(C)C)C(=O)N[C@@H](CCCCN)C(N)=O. The number of carbonyl (C=O) groups is 5. The predicted molar refractivity (Wildman–Crippen MR) is 160 cm³/mol. The second-order valence-electron chi connectivity index (χ2n) is 11.8. The topological polar surface area (TPSA) is 238 Å². The fraction of sp³-hybridized carbons (Fsp3) is 0.821. The number of nitrogens with two attached hydrogens (primary N) is 4. The molecule has 0 aromatic heterocycles. The summed E-state index contributed by atoms with van der Waals surface area (Å²) in [7, 11) is 0. The Morgan fingerprint density at radius 1 is 0.585 bits per heavy atom. The molecule has 0 rings (SSSR count). The van der Waals surface area contributed by atoms with Crippen molar-refractivity contribution in [1.29, 1.82) is 0 Å². The van der Waals surface area contributed by atoms with Crippen molar-refractivity contribution in [2.45, 2.75) is 117 Å². The minimum Gasteiger partial charge on any atom is -0.368 e. The Morgan fingerprint density at radius 3 is 1.49 bits per heavy atom. The molecule has 238 valence electrons. The fourth-order valence-electron chi connectivity index (χ4n) is 4.14.